The van der Waals surface area contributed by atoms with Gasteiger partial charge in [0.15, 0.2) is 0 Å². The Kier molecular flexibility index (Phi) is 6.96. The van der Waals surface area contributed by atoms with Gasteiger partial charge in [-0.2, -0.15) is 0 Å². The number of anilines is 1. The summed E-state index contributed by atoms with van der Waals surface area (Å²) in [5, 5.41) is 0.726. The van der Waals surface area contributed by atoms with Crippen LogP contribution in [0.3, 0.4) is 0 Å². The molecule has 2 bridgehead atoms. The zero-order chi connectivity index (χ0) is 27.2. The summed E-state index contributed by atoms with van der Waals surface area (Å²) in [6.45, 7) is 1.84. The van der Waals surface area contributed by atoms with Crippen LogP contribution in [0.5, 0.6) is 5.75 Å². The highest BCUT2D eigenvalue weighted by Gasteiger charge is 2.44. The number of Topliss-reactive ketones (excluding diaryl/α,β-unsaturated/α-hetero) is 1. The van der Waals surface area contributed by atoms with Gasteiger partial charge in [-0.05, 0) is 85.9 Å². The number of ketones is 1. The van der Waals surface area contributed by atoms with Crippen LogP contribution in [0.4, 0.5) is 5.69 Å². The van der Waals surface area contributed by atoms with Crippen LogP contribution in [0.25, 0.3) is 0 Å². The molecule has 3 atom stereocenters. The number of carbonyl (C=O) groups excluding carboxylic acids is 2. The summed E-state index contributed by atoms with van der Waals surface area (Å²) < 4.78 is 33.8. The minimum absolute atomic E-state index is 0.0150. The quantitative estimate of drug-likeness (QED) is 0.458. The molecule has 1 saturated carbocycles. The van der Waals surface area contributed by atoms with Gasteiger partial charge in [0.05, 0.1) is 18.0 Å². The number of sulfonamides is 1. The zero-order valence-corrected chi connectivity index (χ0v) is 23.4. The van der Waals surface area contributed by atoms with Gasteiger partial charge in [-0.15, -0.1) is 0 Å². The summed E-state index contributed by atoms with van der Waals surface area (Å²) in [4.78, 5) is 28.4. The number of ether oxygens (including phenoxy) is 1. The second-order valence-corrected chi connectivity index (χ2v) is 13.7. The second kappa shape index (κ2) is 10.3. The third-order valence-corrected chi connectivity index (χ3v) is 10.4. The van der Waals surface area contributed by atoms with Crippen LogP contribution in [-0.2, 0) is 26.7 Å². The number of allylic oxidation sites excluding steroid dienone is 2. The molecule has 2 aromatic rings. The van der Waals surface area contributed by atoms with Crippen LogP contribution < -0.4 is 14.4 Å². The molecule has 1 fully saturated rings. The van der Waals surface area contributed by atoms with Gasteiger partial charge < -0.3 is 9.64 Å². The van der Waals surface area contributed by atoms with E-state index in [1.807, 2.05) is 6.07 Å². The lowest BCUT2D eigenvalue weighted by Gasteiger charge is -2.44. The van der Waals surface area contributed by atoms with E-state index in [0.717, 1.165) is 42.8 Å². The first-order valence-electron chi connectivity index (χ1n) is 13.8. The van der Waals surface area contributed by atoms with Crippen molar-refractivity contribution in [2.75, 3.05) is 30.3 Å². The van der Waals surface area contributed by atoms with Crippen molar-refractivity contribution in [2.24, 2.45) is 11.8 Å². The highest BCUT2D eigenvalue weighted by atomic mass is 35.5. The molecule has 9 heteroatoms. The molecular formula is C30H33ClN2O5S. The third-order valence-electron chi connectivity index (χ3n) is 8.87. The maximum absolute atomic E-state index is 13.1. The van der Waals surface area contributed by atoms with Gasteiger partial charge in [0.2, 0.25) is 10.0 Å². The lowest BCUT2D eigenvalue weighted by molar-refractivity contribution is -0.126. The molecule has 1 N–H and O–H groups in total. The van der Waals surface area contributed by atoms with Gasteiger partial charge in [-0.1, -0.05) is 29.8 Å². The molecule has 2 heterocycles. The fraction of sp³-hybridized carbons (Fsp3) is 0.467. The number of nitrogens with one attached hydrogen (secondary N) is 1. The summed E-state index contributed by atoms with van der Waals surface area (Å²) in [5.74, 6) is 0.201. The number of carbonyl (C=O) groups is 2. The van der Waals surface area contributed by atoms with E-state index in [1.165, 1.54) is 11.1 Å². The van der Waals surface area contributed by atoms with Crippen molar-refractivity contribution >= 4 is 39.0 Å². The third kappa shape index (κ3) is 5.21. The molecule has 39 heavy (non-hydrogen) atoms. The fourth-order valence-corrected chi connectivity index (χ4v) is 7.84. The monoisotopic (exact) mass is 568 g/mol. The lowest BCUT2D eigenvalue weighted by atomic mass is 9.68. The Balaban J connectivity index is 1.42. The van der Waals surface area contributed by atoms with Crippen LogP contribution in [0.2, 0.25) is 5.02 Å². The van der Waals surface area contributed by atoms with Crippen molar-refractivity contribution < 1.29 is 22.7 Å². The van der Waals surface area contributed by atoms with Gasteiger partial charge in [0.25, 0.3) is 5.91 Å². The Morgan fingerprint density at radius 3 is 2.77 bits per heavy atom. The van der Waals surface area contributed by atoms with Crippen molar-refractivity contribution in [2.45, 2.75) is 50.4 Å². The summed E-state index contributed by atoms with van der Waals surface area (Å²) in [6.07, 6.45) is 8.81. The molecule has 4 aliphatic rings. The second-order valence-electron chi connectivity index (χ2n) is 11.4. The summed E-state index contributed by atoms with van der Waals surface area (Å²) in [6, 6.07) is 11.2. The van der Waals surface area contributed by atoms with Crippen LogP contribution in [0.15, 0.2) is 48.6 Å². The largest absolute Gasteiger partial charge is 0.490 e. The average molecular weight is 569 g/mol. The van der Waals surface area contributed by atoms with Gasteiger partial charge in [-0.3, -0.25) is 9.59 Å². The zero-order valence-electron chi connectivity index (χ0n) is 21.8. The van der Waals surface area contributed by atoms with Crippen LogP contribution in [-0.4, -0.2) is 45.6 Å². The number of amides is 1. The summed E-state index contributed by atoms with van der Waals surface area (Å²) in [5.41, 5.74) is 3.25. The number of halogens is 1. The van der Waals surface area contributed by atoms with Gasteiger partial charge >= 0.3 is 0 Å². The molecular weight excluding hydrogens is 536 g/mol. The van der Waals surface area contributed by atoms with Crippen molar-refractivity contribution in [3.63, 3.8) is 0 Å². The van der Waals surface area contributed by atoms with Crippen molar-refractivity contribution in [3.05, 3.63) is 70.3 Å². The standard InChI is InChI=1S/C30H33ClN2O5S/c31-23-9-11-25-20(15-23)5-4-13-30(25)18-33-17-22-7-10-24(22)27(34)6-2-1-3-14-39(36,37)32-29(35)21-8-12-28(38-19-30)26(33)16-21/h1-2,8-9,11-12,15-16,22,24H,3-7,10,13-14,17-19H2,(H,32,35)/b2-1+/t22-,24+,30-/m0/s1. The molecule has 1 spiro atoms. The number of hydrogen-bond acceptors (Lipinski definition) is 6. The Hall–Kier alpha value is -2.84. The predicted molar refractivity (Wildman–Crippen MR) is 151 cm³/mol. The Morgan fingerprint density at radius 1 is 1.08 bits per heavy atom. The molecule has 0 aromatic heterocycles. The van der Waals surface area contributed by atoms with Crippen molar-refractivity contribution in [1.29, 1.82) is 0 Å². The highest BCUT2D eigenvalue weighted by molar-refractivity contribution is 7.90. The number of benzene rings is 2. The normalized spacial score (nSPS) is 29.2. The SMILES string of the molecule is O=C1NS(=O)(=O)CC/C=C/CC(=O)[C@@H]2CC[C@H]2CN2C[C@@]3(CCCc4cc(Cl)ccc43)COc3ccc1cc32. The number of nitrogens with zero attached hydrogens (tertiary/aromatic N) is 1. The van der Waals surface area contributed by atoms with Crippen molar-refractivity contribution in [1.82, 2.24) is 4.72 Å². The average Bonchev–Trinajstić information content (AvgIpc) is 3.02. The highest BCUT2D eigenvalue weighted by Crippen LogP contribution is 2.46. The fourth-order valence-electron chi connectivity index (χ4n) is 6.69. The molecule has 2 aromatic carbocycles. The first kappa shape index (κ1) is 26.4. The van der Waals surface area contributed by atoms with E-state index in [9.17, 15) is 18.0 Å². The van der Waals surface area contributed by atoms with Crippen molar-refractivity contribution in [3.8, 4) is 5.75 Å². The Morgan fingerprint density at radius 2 is 1.95 bits per heavy atom. The number of rotatable bonds is 0. The lowest BCUT2D eigenvalue weighted by Crippen LogP contribution is -2.49. The smallest absolute Gasteiger partial charge is 0.264 e. The number of hydrogen-bond donors (Lipinski definition) is 1. The first-order chi connectivity index (χ1) is 18.7. The van der Waals surface area contributed by atoms with E-state index in [0.29, 0.717) is 31.9 Å². The van der Waals surface area contributed by atoms with Gasteiger partial charge in [0, 0.05) is 41.4 Å². The molecule has 0 saturated heterocycles. The molecule has 0 radical (unpaired) electrons. The minimum Gasteiger partial charge on any atom is -0.490 e. The summed E-state index contributed by atoms with van der Waals surface area (Å²) in [7, 11) is -3.82. The topological polar surface area (TPSA) is 92.8 Å². The van der Waals surface area contributed by atoms with E-state index >= 15 is 0 Å². The molecule has 2 aliphatic carbocycles. The van der Waals surface area contributed by atoms with Gasteiger partial charge in [0.1, 0.15) is 11.5 Å². The first-order valence-corrected chi connectivity index (χ1v) is 15.8. The summed E-state index contributed by atoms with van der Waals surface area (Å²) >= 11 is 6.35. The molecule has 0 unspecified atom stereocenters. The van der Waals surface area contributed by atoms with E-state index < -0.39 is 15.9 Å². The minimum atomic E-state index is -3.82. The maximum atomic E-state index is 13.1. The van der Waals surface area contributed by atoms with E-state index in [2.05, 4.69) is 21.8 Å². The van der Waals surface area contributed by atoms with E-state index in [1.54, 1.807) is 30.4 Å². The van der Waals surface area contributed by atoms with Crippen LogP contribution in [0, 0.1) is 11.8 Å². The Bertz CT molecular complexity index is 1460. The maximum Gasteiger partial charge on any atom is 0.264 e. The number of fused-ring (bicyclic) bond motifs is 4. The van der Waals surface area contributed by atoms with E-state index in [-0.39, 0.29) is 40.8 Å². The molecule has 2 aliphatic heterocycles. The molecule has 1 amide bonds. The van der Waals surface area contributed by atoms with Crippen LogP contribution >= 0.6 is 11.6 Å². The predicted octanol–water partition coefficient (Wildman–Crippen LogP) is 4.82. The van der Waals surface area contributed by atoms with Gasteiger partial charge in [-0.25, -0.2) is 13.1 Å². The Labute approximate surface area is 234 Å². The van der Waals surface area contributed by atoms with Crippen LogP contribution in [0.1, 0.15) is 60.0 Å². The molecule has 7 nitrogen and oxygen atoms in total. The number of aryl methyl sites for hydroxylation is 1. The molecule has 6 rings (SSSR count). The molecule has 206 valence electrons. The van der Waals surface area contributed by atoms with E-state index in [4.69, 9.17) is 16.3 Å².